The zero-order valence-corrected chi connectivity index (χ0v) is 10.0. The molecule has 1 aliphatic rings. The van der Waals surface area contributed by atoms with Crippen LogP contribution in [0.15, 0.2) is 23.1 Å². The van der Waals surface area contributed by atoms with Gasteiger partial charge in [-0.25, -0.2) is 4.39 Å². The number of thioether (sulfide) groups is 1. The molecule has 4 heteroatoms. The van der Waals surface area contributed by atoms with E-state index in [1.54, 1.807) is 17.8 Å². The van der Waals surface area contributed by atoms with Gasteiger partial charge in [0.1, 0.15) is 5.82 Å². The number of piperidine rings is 1. The topological polar surface area (TPSA) is 38.0 Å². The SMILES string of the molecule is Nc1cc(F)ccc1SCC1CCNCC1. The van der Waals surface area contributed by atoms with Gasteiger partial charge in [-0.05, 0) is 50.0 Å². The van der Waals surface area contributed by atoms with Gasteiger partial charge in [0.05, 0.1) is 0 Å². The number of nitrogens with one attached hydrogen (secondary N) is 1. The molecule has 0 unspecified atom stereocenters. The molecular formula is C12H17FN2S. The fraction of sp³-hybridized carbons (Fsp3) is 0.500. The summed E-state index contributed by atoms with van der Waals surface area (Å²) in [6, 6.07) is 4.64. The highest BCUT2D eigenvalue weighted by Crippen LogP contribution is 2.29. The van der Waals surface area contributed by atoms with Crippen LogP contribution in [0.4, 0.5) is 10.1 Å². The molecule has 0 atom stereocenters. The van der Waals surface area contributed by atoms with Gasteiger partial charge < -0.3 is 11.1 Å². The summed E-state index contributed by atoms with van der Waals surface area (Å²) < 4.78 is 12.8. The number of anilines is 1. The maximum Gasteiger partial charge on any atom is 0.125 e. The minimum absolute atomic E-state index is 0.260. The van der Waals surface area contributed by atoms with Gasteiger partial charge in [0.2, 0.25) is 0 Å². The van der Waals surface area contributed by atoms with Crippen LogP contribution in [-0.4, -0.2) is 18.8 Å². The lowest BCUT2D eigenvalue weighted by atomic mass is 10.0. The lowest BCUT2D eigenvalue weighted by Gasteiger charge is -2.22. The predicted molar refractivity (Wildman–Crippen MR) is 67.1 cm³/mol. The lowest BCUT2D eigenvalue weighted by Crippen LogP contribution is -2.28. The molecular weight excluding hydrogens is 223 g/mol. The van der Waals surface area contributed by atoms with Crippen LogP contribution in [0.2, 0.25) is 0 Å². The first-order valence-electron chi connectivity index (χ1n) is 5.64. The van der Waals surface area contributed by atoms with E-state index in [1.807, 2.05) is 0 Å². The summed E-state index contributed by atoms with van der Waals surface area (Å²) >= 11 is 1.74. The lowest BCUT2D eigenvalue weighted by molar-refractivity contribution is 0.408. The van der Waals surface area contributed by atoms with Crippen LogP contribution in [-0.2, 0) is 0 Å². The molecule has 3 N–H and O–H groups in total. The summed E-state index contributed by atoms with van der Waals surface area (Å²) in [6.07, 6.45) is 2.46. The molecule has 1 aromatic rings. The smallest absolute Gasteiger partial charge is 0.125 e. The molecule has 2 nitrogen and oxygen atoms in total. The van der Waals surface area contributed by atoms with Crippen molar-refractivity contribution in [2.24, 2.45) is 5.92 Å². The summed E-state index contributed by atoms with van der Waals surface area (Å²) in [5, 5.41) is 3.35. The Hall–Kier alpha value is -0.740. The Morgan fingerprint density at radius 3 is 2.81 bits per heavy atom. The fourth-order valence-electron chi connectivity index (χ4n) is 1.91. The third-order valence-electron chi connectivity index (χ3n) is 2.91. The van der Waals surface area contributed by atoms with Gasteiger partial charge in [-0.3, -0.25) is 0 Å². The molecule has 1 aliphatic heterocycles. The molecule has 0 aromatic heterocycles. The van der Waals surface area contributed by atoms with Crippen LogP contribution in [0, 0.1) is 11.7 Å². The standard InChI is InChI=1S/C12H17FN2S/c13-10-1-2-12(11(14)7-10)16-8-9-3-5-15-6-4-9/h1-2,7,9,15H,3-6,8,14H2. The van der Waals surface area contributed by atoms with Crippen LogP contribution in [0.25, 0.3) is 0 Å². The molecule has 0 aliphatic carbocycles. The molecule has 0 bridgehead atoms. The zero-order chi connectivity index (χ0) is 11.4. The number of nitrogen functional groups attached to an aromatic ring is 1. The van der Waals surface area contributed by atoms with Gasteiger partial charge in [-0.2, -0.15) is 0 Å². The van der Waals surface area contributed by atoms with Crippen LogP contribution >= 0.6 is 11.8 Å². The summed E-state index contributed by atoms with van der Waals surface area (Å²) in [6.45, 7) is 2.23. The van der Waals surface area contributed by atoms with Gasteiger partial charge >= 0.3 is 0 Å². The van der Waals surface area contributed by atoms with Crippen LogP contribution < -0.4 is 11.1 Å². The van der Waals surface area contributed by atoms with Gasteiger partial charge in [0.25, 0.3) is 0 Å². The highest BCUT2D eigenvalue weighted by atomic mass is 32.2. The van der Waals surface area contributed by atoms with Crippen molar-refractivity contribution in [1.82, 2.24) is 5.32 Å². The van der Waals surface area contributed by atoms with Crippen molar-refractivity contribution < 1.29 is 4.39 Å². The summed E-state index contributed by atoms with van der Waals surface area (Å²) in [5.41, 5.74) is 6.32. The first-order valence-corrected chi connectivity index (χ1v) is 6.63. The van der Waals surface area contributed by atoms with Gasteiger partial charge in [-0.1, -0.05) is 0 Å². The third kappa shape index (κ3) is 3.12. The molecule has 88 valence electrons. The predicted octanol–water partition coefficient (Wildman–Crippen LogP) is 2.50. The quantitative estimate of drug-likeness (QED) is 0.630. The second-order valence-electron chi connectivity index (χ2n) is 4.19. The van der Waals surface area contributed by atoms with E-state index >= 15 is 0 Å². The molecule has 0 amide bonds. The molecule has 1 saturated heterocycles. The molecule has 2 rings (SSSR count). The Bertz CT molecular complexity index is 351. The van der Waals surface area contributed by atoms with Crippen molar-refractivity contribution in [3.05, 3.63) is 24.0 Å². The normalized spacial score (nSPS) is 17.6. The zero-order valence-electron chi connectivity index (χ0n) is 9.21. The van der Waals surface area contributed by atoms with E-state index in [0.717, 1.165) is 29.7 Å². The first-order chi connectivity index (χ1) is 7.75. The maximum absolute atomic E-state index is 12.8. The molecule has 1 heterocycles. The number of halogens is 1. The van der Waals surface area contributed by atoms with E-state index in [-0.39, 0.29) is 5.82 Å². The Morgan fingerprint density at radius 1 is 1.38 bits per heavy atom. The minimum Gasteiger partial charge on any atom is -0.398 e. The van der Waals surface area contributed by atoms with Crippen LogP contribution in [0.5, 0.6) is 0 Å². The number of rotatable bonds is 3. The average molecular weight is 240 g/mol. The monoisotopic (exact) mass is 240 g/mol. The Balaban J connectivity index is 1.88. The molecule has 0 saturated carbocycles. The van der Waals surface area contributed by atoms with E-state index in [1.165, 1.54) is 25.0 Å². The average Bonchev–Trinajstić information content (AvgIpc) is 2.29. The van der Waals surface area contributed by atoms with Crippen LogP contribution in [0.1, 0.15) is 12.8 Å². The summed E-state index contributed by atoms with van der Waals surface area (Å²) in [4.78, 5) is 1.000. The highest BCUT2D eigenvalue weighted by molar-refractivity contribution is 7.99. The molecule has 0 spiro atoms. The number of benzene rings is 1. The van der Waals surface area contributed by atoms with Gasteiger partial charge in [0.15, 0.2) is 0 Å². The van der Waals surface area contributed by atoms with Crippen molar-refractivity contribution in [1.29, 1.82) is 0 Å². The van der Waals surface area contributed by atoms with E-state index in [4.69, 9.17) is 5.73 Å². The summed E-state index contributed by atoms with van der Waals surface area (Å²) in [7, 11) is 0. The van der Waals surface area contributed by atoms with Crippen molar-refractivity contribution in [3.63, 3.8) is 0 Å². The molecule has 0 radical (unpaired) electrons. The largest absolute Gasteiger partial charge is 0.398 e. The fourth-order valence-corrected chi connectivity index (χ4v) is 3.05. The van der Waals surface area contributed by atoms with E-state index in [2.05, 4.69) is 5.32 Å². The number of nitrogens with two attached hydrogens (primary N) is 1. The van der Waals surface area contributed by atoms with Crippen molar-refractivity contribution in [2.45, 2.75) is 17.7 Å². The summed E-state index contributed by atoms with van der Waals surface area (Å²) in [5.74, 6) is 1.58. The number of hydrogen-bond acceptors (Lipinski definition) is 3. The van der Waals surface area contributed by atoms with E-state index in [9.17, 15) is 4.39 Å². The Kier molecular flexibility index (Phi) is 4.07. The van der Waals surface area contributed by atoms with Gasteiger partial charge in [-0.15, -0.1) is 11.8 Å². The Morgan fingerprint density at radius 2 is 2.12 bits per heavy atom. The van der Waals surface area contributed by atoms with Crippen LogP contribution in [0.3, 0.4) is 0 Å². The van der Waals surface area contributed by atoms with Crippen molar-refractivity contribution in [3.8, 4) is 0 Å². The highest BCUT2D eigenvalue weighted by Gasteiger charge is 2.13. The maximum atomic E-state index is 12.8. The third-order valence-corrected chi connectivity index (χ3v) is 4.23. The van der Waals surface area contributed by atoms with Crippen molar-refractivity contribution >= 4 is 17.4 Å². The van der Waals surface area contributed by atoms with Gasteiger partial charge in [0, 0.05) is 16.3 Å². The second kappa shape index (κ2) is 5.55. The molecule has 1 aromatic carbocycles. The molecule has 16 heavy (non-hydrogen) atoms. The number of hydrogen-bond donors (Lipinski definition) is 2. The van der Waals surface area contributed by atoms with Crippen molar-refractivity contribution in [2.75, 3.05) is 24.6 Å². The molecule has 1 fully saturated rings. The first kappa shape index (κ1) is 11.7. The van der Waals surface area contributed by atoms with E-state index < -0.39 is 0 Å². The van der Waals surface area contributed by atoms with E-state index in [0.29, 0.717) is 5.69 Å². The second-order valence-corrected chi connectivity index (χ2v) is 5.25. The minimum atomic E-state index is -0.260. The Labute approximate surface area is 99.8 Å².